The van der Waals surface area contributed by atoms with Crippen LogP contribution in [0.3, 0.4) is 0 Å². The van der Waals surface area contributed by atoms with E-state index in [0.717, 1.165) is 12.1 Å². The van der Waals surface area contributed by atoms with Crippen LogP contribution >= 0.6 is 0 Å². The number of aryl methyl sites for hydroxylation is 1. The Bertz CT molecular complexity index is 408. The van der Waals surface area contributed by atoms with E-state index in [1.54, 1.807) is 0 Å². The van der Waals surface area contributed by atoms with Gasteiger partial charge >= 0.3 is 0 Å². The quantitative estimate of drug-likeness (QED) is 0.874. The third-order valence-electron chi connectivity index (χ3n) is 4.50. The summed E-state index contributed by atoms with van der Waals surface area (Å²) in [5.74, 6) is 0. The number of piperidine rings is 1. The lowest BCUT2D eigenvalue weighted by atomic mass is 9.97. The first-order valence-corrected chi connectivity index (χ1v) is 8.13. The van der Waals surface area contributed by atoms with Crippen molar-refractivity contribution in [3.8, 4) is 0 Å². The summed E-state index contributed by atoms with van der Waals surface area (Å²) in [6.45, 7) is 8.29. The van der Waals surface area contributed by atoms with E-state index >= 15 is 0 Å². The van der Waals surface area contributed by atoms with Gasteiger partial charge in [-0.25, -0.2) is 0 Å². The Hall–Kier alpha value is -0.900. The van der Waals surface area contributed by atoms with Crippen LogP contribution < -0.4 is 0 Å². The van der Waals surface area contributed by atoms with E-state index in [4.69, 9.17) is 4.74 Å². The second kappa shape index (κ2) is 7.92. The third kappa shape index (κ3) is 5.10. The van der Waals surface area contributed by atoms with Crippen molar-refractivity contribution in [1.29, 1.82) is 0 Å². The second-order valence-corrected chi connectivity index (χ2v) is 6.48. The molecule has 1 saturated heterocycles. The zero-order valence-electron chi connectivity index (χ0n) is 13.6. The van der Waals surface area contributed by atoms with E-state index in [9.17, 15) is 5.11 Å². The van der Waals surface area contributed by atoms with Crippen molar-refractivity contribution in [3.63, 3.8) is 0 Å². The summed E-state index contributed by atoms with van der Waals surface area (Å²) in [5, 5.41) is 10.2. The minimum atomic E-state index is -0.404. The predicted molar refractivity (Wildman–Crippen MR) is 86.3 cm³/mol. The van der Waals surface area contributed by atoms with Gasteiger partial charge in [0, 0.05) is 18.6 Å². The van der Waals surface area contributed by atoms with Gasteiger partial charge in [-0.05, 0) is 39.2 Å². The van der Waals surface area contributed by atoms with Gasteiger partial charge in [-0.2, -0.15) is 0 Å². The fraction of sp³-hybridized carbons (Fsp3) is 0.667. The highest BCUT2D eigenvalue weighted by atomic mass is 16.5. The molecule has 1 N–H and O–H groups in total. The van der Waals surface area contributed by atoms with E-state index in [-0.39, 0.29) is 0 Å². The summed E-state index contributed by atoms with van der Waals surface area (Å²) < 4.78 is 5.66. The van der Waals surface area contributed by atoms with Gasteiger partial charge in [0.2, 0.25) is 0 Å². The van der Waals surface area contributed by atoms with Crippen LogP contribution in [0.5, 0.6) is 0 Å². The second-order valence-electron chi connectivity index (χ2n) is 6.48. The normalized spacial score (nSPS) is 25.0. The summed E-state index contributed by atoms with van der Waals surface area (Å²) in [7, 11) is 0. The summed E-state index contributed by atoms with van der Waals surface area (Å²) in [4.78, 5) is 2.42. The molecule has 1 aliphatic heterocycles. The smallest absolute Gasteiger partial charge is 0.0900 e. The summed E-state index contributed by atoms with van der Waals surface area (Å²) >= 11 is 0. The largest absolute Gasteiger partial charge is 0.389 e. The standard InChI is InChI=1S/C18H29NO2/c1-14-7-9-17(10-8-14)12-21-13-18(20)11-19-15(2)5-4-6-16(19)3/h7-10,15-16,18,20H,4-6,11-13H2,1-3H3. The van der Waals surface area contributed by atoms with Gasteiger partial charge in [0.05, 0.1) is 19.3 Å². The van der Waals surface area contributed by atoms with E-state index in [1.165, 1.54) is 24.8 Å². The number of hydrogen-bond acceptors (Lipinski definition) is 3. The van der Waals surface area contributed by atoms with Crippen LogP contribution in [0.15, 0.2) is 24.3 Å². The number of rotatable bonds is 6. The van der Waals surface area contributed by atoms with Gasteiger partial charge in [0.25, 0.3) is 0 Å². The van der Waals surface area contributed by atoms with E-state index in [0.29, 0.717) is 25.3 Å². The number of hydrogen-bond donors (Lipinski definition) is 1. The Morgan fingerprint density at radius 2 is 1.81 bits per heavy atom. The molecule has 3 atom stereocenters. The van der Waals surface area contributed by atoms with E-state index in [1.807, 2.05) is 0 Å². The highest BCUT2D eigenvalue weighted by Crippen LogP contribution is 2.22. The van der Waals surface area contributed by atoms with Gasteiger partial charge < -0.3 is 9.84 Å². The van der Waals surface area contributed by atoms with E-state index < -0.39 is 6.10 Å². The molecule has 118 valence electrons. The number of likely N-dealkylation sites (tertiary alicyclic amines) is 1. The third-order valence-corrected chi connectivity index (χ3v) is 4.50. The maximum Gasteiger partial charge on any atom is 0.0900 e. The molecule has 0 radical (unpaired) electrons. The Labute approximate surface area is 128 Å². The minimum absolute atomic E-state index is 0.404. The summed E-state index contributed by atoms with van der Waals surface area (Å²) in [6, 6.07) is 9.48. The van der Waals surface area contributed by atoms with Crippen LogP contribution in [-0.4, -0.2) is 41.3 Å². The maximum absolute atomic E-state index is 10.2. The van der Waals surface area contributed by atoms with Gasteiger partial charge in [-0.1, -0.05) is 36.2 Å². The molecule has 0 amide bonds. The molecule has 0 spiro atoms. The fourth-order valence-corrected chi connectivity index (χ4v) is 3.13. The van der Waals surface area contributed by atoms with Crippen molar-refractivity contribution in [2.75, 3.05) is 13.2 Å². The molecule has 1 fully saturated rings. The first kappa shape index (κ1) is 16.5. The molecule has 1 aliphatic rings. The highest BCUT2D eigenvalue weighted by Gasteiger charge is 2.26. The number of nitrogens with zero attached hydrogens (tertiary/aromatic N) is 1. The van der Waals surface area contributed by atoms with Crippen molar-refractivity contribution in [3.05, 3.63) is 35.4 Å². The summed E-state index contributed by atoms with van der Waals surface area (Å²) in [5.41, 5.74) is 2.42. The number of aliphatic hydroxyl groups excluding tert-OH is 1. The molecule has 2 rings (SSSR count). The topological polar surface area (TPSA) is 32.7 Å². The lowest BCUT2D eigenvalue weighted by Crippen LogP contribution is -2.48. The molecule has 21 heavy (non-hydrogen) atoms. The molecule has 3 nitrogen and oxygen atoms in total. The van der Waals surface area contributed by atoms with Crippen molar-refractivity contribution in [1.82, 2.24) is 4.90 Å². The zero-order chi connectivity index (χ0) is 15.2. The molecule has 0 bridgehead atoms. The van der Waals surface area contributed by atoms with Crippen molar-refractivity contribution < 1.29 is 9.84 Å². The average molecular weight is 291 g/mol. The molecular formula is C18H29NO2. The molecule has 3 unspecified atom stereocenters. The fourth-order valence-electron chi connectivity index (χ4n) is 3.13. The zero-order valence-corrected chi connectivity index (χ0v) is 13.6. The Balaban J connectivity index is 1.71. The van der Waals surface area contributed by atoms with Gasteiger partial charge in [0.1, 0.15) is 0 Å². The molecule has 1 aromatic carbocycles. The Morgan fingerprint density at radius 3 is 2.43 bits per heavy atom. The highest BCUT2D eigenvalue weighted by molar-refractivity contribution is 5.20. The molecule has 0 saturated carbocycles. The number of aliphatic hydroxyl groups is 1. The number of β-amino-alcohol motifs (C(OH)–C–C–N with tert-alkyl or cyclic N) is 1. The van der Waals surface area contributed by atoms with Crippen LogP contribution in [0, 0.1) is 6.92 Å². The summed E-state index contributed by atoms with van der Waals surface area (Å²) in [6.07, 6.45) is 3.37. The lowest BCUT2D eigenvalue weighted by Gasteiger charge is -2.40. The monoisotopic (exact) mass is 291 g/mol. The molecule has 3 heteroatoms. The van der Waals surface area contributed by atoms with E-state index in [2.05, 4.69) is 49.9 Å². The van der Waals surface area contributed by atoms with Crippen molar-refractivity contribution in [2.24, 2.45) is 0 Å². The molecular weight excluding hydrogens is 262 g/mol. The van der Waals surface area contributed by atoms with Crippen molar-refractivity contribution >= 4 is 0 Å². The number of ether oxygens (including phenoxy) is 1. The molecule has 1 heterocycles. The van der Waals surface area contributed by atoms with Crippen molar-refractivity contribution in [2.45, 2.75) is 64.8 Å². The van der Waals surface area contributed by atoms with Crippen LogP contribution in [0.2, 0.25) is 0 Å². The first-order chi connectivity index (χ1) is 10.1. The average Bonchev–Trinajstić information content (AvgIpc) is 2.45. The van der Waals surface area contributed by atoms with Gasteiger partial charge in [0.15, 0.2) is 0 Å². The Kier molecular flexibility index (Phi) is 6.22. The van der Waals surface area contributed by atoms with Gasteiger partial charge in [-0.15, -0.1) is 0 Å². The van der Waals surface area contributed by atoms with Crippen LogP contribution in [0.1, 0.15) is 44.2 Å². The maximum atomic E-state index is 10.2. The molecule has 1 aromatic rings. The number of benzene rings is 1. The molecule has 0 aromatic heterocycles. The minimum Gasteiger partial charge on any atom is -0.389 e. The van der Waals surface area contributed by atoms with Crippen LogP contribution in [0.25, 0.3) is 0 Å². The van der Waals surface area contributed by atoms with Gasteiger partial charge in [-0.3, -0.25) is 4.90 Å². The lowest BCUT2D eigenvalue weighted by molar-refractivity contribution is -0.0135. The SMILES string of the molecule is Cc1ccc(COCC(O)CN2C(C)CCCC2C)cc1. The molecule has 0 aliphatic carbocycles. The van der Waals surface area contributed by atoms with Crippen LogP contribution in [0.4, 0.5) is 0 Å². The first-order valence-electron chi connectivity index (χ1n) is 8.13. The van der Waals surface area contributed by atoms with Crippen LogP contribution in [-0.2, 0) is 11.3 Å². The predicted octanol–water partition coefficient (Wildman–Crippen LogP) is 3.14. The Morgan fingerprint density at radius 1 is 1.19 bits per heavy atom.